The summed E-state index contributed by atoms with van der Waals surface area (Å²) in [4.78, 5) is 10.8. The molecule has 0 radical (unpaired) electrons. The van der Waals surface area contributed by atoms with Crippen molar-refractivity contribution in [3.8, 4) is 0 Å². The van der Waals surface area contributed by atoms with Gasteiger partial charge < -0.3 is 19.7 Å². The minimum Gasteiger partial charge on any atom is -0.378 e. The molecule has 3 rings (SSSR count). The van der Waals surface area contributed by atoms with Gasteiger partial charge in [-0.3, -0.25) is 0 Å². The molecule has 1 aliphatic rings. The third kappa shape index (κ3) is 4.24. The first-order chi connectivity index (χ1) is 12.2. The number of halogens is 1. The number of benzene rings is 1. The molecule has 0 aliphatic carbocycles. The van der Waals surface area contributed by atoms with Crippen LogP contribution >= 0.6 is 0 Å². The minimum atomic E-state index is -0.428. The van der Waals surface area contributed by atoms with Crippen molar-refractivity contribution in [1.29, 1.82) is 0 Å². The number of methoxy groups -OCH3 is 1. The zero-order valence-corrected chi connectivity index (χ0v) is 14.5. The van der Waals surface area contributed by atoms with Crippen LogP contribution in [0.1, 0.15) is 18.6 Å². The number of aromatic nitrogens is 2. The highest BCUT2D eigenvalue weighted by atomic mass is 19.1. The molecule has 1 aliphatic heterocycles. The van der Waals surface area contributed by atoms with Gasteiger partial charge in [0, 0.05) is 31.8 Å². The number of morpholine rings is 1. The lowest BCUT2D eigenvalue weighted by molar-refractivity contribution is 0.0875. The lowest BCUT2D eigenvalue weighted by atomic mass is 10.0. The standard InChI is InChI=1S/C18H23FN4O2/c1-13(18(24-2)14-5-3-4-6-15(14)19)22-16-11-17(21-12-20-16)23-7-9-25-10-8-23/h3-6,11-13,18H,7-10H2,1-2H3,(H,20,21,22)/t13-,18-/m1/s1. The molecule has 6 nitrogen and oxygen atoms in total. The first kappa shape index (κ1) is 17.6. The number of nitrogens with zero attached hydrogens (tertiary/aromatic N) is 3. The van der Waals surface area contributed by atoms with Crippen molar-refractivity contribution in [1.82, 2.24) is 9.97 Å². The van der Waals surface area contributed by atoms with E-state index in [1.54, 1.807) is 25.3 Å². The van der Waals surface area contributed by atoms with Crippen molar-refractivity contribution in [3.05, 3.63) is 48.0 Å². The molecule has 1 aromatic heterocycles. The zero-order valence-electron chi connectivity index (χ0n) is 14.5. The normalized spacial score (nSPS) is 17.2. The van der Waals surface area contributed by atoms with Crippen LogP contribution in [0.25, 0.3) is 0 Å². The predicted octanol–water partition coefficient (Wildman–Crippen LogP) is 2.64. The number of hydrogen-bond acceptors (Lipinski definition) is 6. The van der Waals surface area contributed by atoms with E-state index < -0.39 is 6.10 Å². The van der Waals surface area contributed by atoms with Crippen molar-refractivity contribution in [2.24, 2.45) is 0 Å². The summed E-state index contributed by atoms with van der Waals surface area (Å²) in [5.41, 5.74) is 0.521. The van der Waals surface area contributed by atoms with Gasteiger partial charge in [-0.2, -0.15) is 0 Å². The van der Waals surface area contributed by atoms with Gasteiger partial charge in [-0.15, -0.1) is 0 Å². The van der Waals surface area contributed by atoms with Gasteiger partial charge in [0.25, 0.3) is 0 Å². The molecule has 1 aromatic carbocycles. The van der Waals surface area contributed by atoms with E-state index in [9.17, 15) is 4.39 Å². The monoisotopic (exact) mass is 346 g/mol. The fraction of sp³-hybridized carbons (Fsp3) is 0.444. The summed E-state index contributed by atoms with van der Waals surface area (Å²) in [7, 11) is 1.58. The Bertz CT molecular complexity index is 694. The van der Waals surface area contributed by atoms with Crippen LogP contribution in [0, 0.1) is 5.82 Å². The van der Waals surface area contributed by atoms with Crippen LogP contribution in [-0.2, 0) is 9.47 Å². The maximum absolute atomic E-state index is 14.1. The van der Waals surface area contributed by atoms with E-state index in [1.165, 1.54) is 12.4 Å². The number of ether oxygens (including phenoxy) is 2. The quantitative estimate of drug-likeness (QED) is 0.868. The molecule has 0 unspecified atom stereocenters. The zero-order chi connectivity index (χ0) is 17.6. The summed E-state index contributed by atoms with van der Waals surface area (Å²) in [6.07, 6.45) is 1.10. The average Bonchev–Trinajstić information content (AvgIpc) is 2.65. The van der Waals surface area contributed by atoms with Crippen LogP contribution in [0.3, 0.4) is 0 Å². The van der Waals surface area contributed by atoms with E-state index in [0.29, 0.717) is 24.6 Å². The third-order valence-electron chi connectivity index (χ3n) is 4.28. The molecule has 7 heteroatoms. The Kier molecular flexibility index (Phi) is 5.78. The van der Waals surface area contributed by atoms with Gasteiger partial charge >= 0.3 is 0 Å². The van der Waals surface area contributed by atoms with Crippen LogP contribution in [0.15, 0.2) is 36.7 Å². The Morgan fingerprint density at radius 3 is 2.72 bits per heavy atom. The van der Waals surface area contributed by atoms with Gasteiger partial charge in [0.15, 0.2) is 0 Å². The maximum atomic E-state index is 14.1. The lowest BCUT2D eigenvalue weighted by Crippen LogP contribution is -2.36. The van der Waals surface area contributed by atoms with E-state index in [0.717, 1.165) is 18.9 Å². The van der Waals surface area contributed by atoms with Gasteiger partial charge in [-0.1, -0.05) is 18.2 Å². The van der Waals surface area contributed by atoms with E-state index in [4.69, 9.17) is 9.47 Å². The Balaban J connectivity index is 1.73. The fourth-order valence-electron chi connectivity index (χ4n) is 3.01. The van der Waals surface area contributed by atoms with E-state index in [-0.39, 0.29) is 11.9 Å². The van der Waals surface area contributed by atoms with Gasteiger partial charge in [0.2, 0.25) is 0 Å². The molecule has 0 spiro atoms. The number of anilines is 2. The van der Waals surface area contributed by atoms with Crippen LogP contribution in [0.5, 0.6) is 0 Å². The number of nitrogens with one attached hydrogen (secondary N) is 1. The van der Waals surface area contributed by atoms with Crippen LogP contribution in [0.4, 0.5) is 16.0 Å². The van der Waals surface area contributed by atoms with E-state index in [2.05, 4.69) is 20.2 Å². The summed E-state index contributed by atoms with van der Waals surface area (Å²) in [6, 6.07) is 8.38. The summed E-state index contributed by atoms with van der Waals surface area (Å²) < 4.78 is 25.0. The van der Waals surface area contributed by atoms with Crippen molar-refractivity contribution < 1.29 is 13.9 Å². The molecule has 2 heterocycles. The molecule has 2 aromatic rings. The summed E-state index contributed by atoms with van der Waals surface area (Å²) in [6.45, 7) is 4.95. The van der Waals surface area contributed by atoms with Gasteiger partial charge in [-0.25, -0.2) is 14.4 Å². The summed E-state index contributed by atoms with van der Waals surface area (Å²) in [5.74, 6) is 1.26. The predicted molar refractivity (Wildman–Crippen MR) is 94.3 cm³/mol. The van der Waals surface area contributed by atoms with Gasteiger partial charge in [0.1, 0.15) is 29.9 Å². The highest BCUT2D eigenvalue weighted by Gasteiger charge is 2.22. The molecule has 1 saturated heterocycles. The molecule has 134 valence electrons. The number of rotatable bonds is 6. The molecular formula is C18H23FN4O2. The molecule has 1 N–H and O–H groups in total. The van der Waals surface area contributed by atoms with Crippen LogP contribution < -0.4 is 10.2 Å². The SMILES string of the molecule is CO[C@@H](c1ccccc1F)[C@@H](C)Nc1cc(N2CCOCC2)ncn1. The van der Waals surface area contributed by atoms with E-state index >= 15 is 0 Å². The summed E-state index contributed by atoms with van der Waals surface area (Å²) in [5, 5.41) is 3.30. The minimum absolute atomic E-state index is 0.172. The van der Waals surface area contributed by atoms with Crippen molar-refractivity contribution in [2.75, 3.05) is 43.6 Å². The van der Waals surface area contributed by atoms with Gasteiger partial charge in [-0.05, 0) is 13.0 Å². The topological polar surface area (TPSA) is 59.5 Å². The second-order valence-electron chi connectivity index (χ2n) is 5.97. The largest absolute Gasteiger partial charge is 0.378 e. The molecule has 2 atom stereocenters. The highest BCUT2D eigenvalue weighted by molar-refractivity contribution is 5.49. The van der Waals surface area contributed by atoms with Crippen molar-refractivity contribution in [3.63, 3.8) is 0 Å². The second kappa shape index (κ2) is 8.22. The Morgan fingerprint density at radius 2 is 2.00 bits per heavy atom. The molecule has 0 bridgehead atoms. The molecule has 25 heavy (non-hydrogen) atoms. The summed E-state index contributed by atoms with van der Waals surface area (Å²) >= 11 is 0. The van der Waals surface area contributed by atoms with Crippen molar-refractivity contribution in [2.45, 2.75) is 19.1 Å². The third-order valence-corrected chi connectivity index (χ3v) is 4.28. The smallest absolute Gasteiger partial charge is 0.134 e. The molecule has 0 amide bonds. The number of hydrogen-bond donors (Lipinski definition) is 1. The Labute approximate surface area is 147 Å². The highest BCUT2D eigenvalue weighted by Crippen LogP contribution is 2.26. The Morgan fingerprint density at radius 1 is 1.24 bits per heavy atom. The molecule has 0 saturated carbocycles. The van der Waals surface area contributed by atoms with Crippen LogP contribution in [0.2, 0.25) is 0 Å². The fourth-order valence-corrected chi connectivity index (χ4v) is 3.01. The maximum Gasteiger partial charge on any atom is 0.134 e. The second-order valence-corrected chi connectivity index (χ2v) is 5.97. The van der Waals surface area contributed by atoms with Gasteiger partial charge in [0.05, 0.1) is 19.3 Å². The average molecular weight is 346 g/mol. The van der Waals surface area contributed by atoms with E-state index in [1.807, 2.05) is 13.0 Å². The Hall–Kier alpha value is -2.25. The molecular weight excluding hydrogens is 323 g/mol. The van der Waals surface area contributed by atoms with Crippen LogP contribution in [-0.4, -0.2) is 49.4 Å². The lowest BCUT2D eigenvalue weighted by Gasteiger charge is -2.28. The van der Waals surface area contributed by atoms with Crippen molar-refractivity contribution >= 4 is 11.6 Å². The molecule has 1 fully saturated rings. The first-order valence-electron chi connectivity index (χ1n) is 8.37. The first-order valence-corrected chi connectivity index (χ1v) is 8.37.